The minimum Gasteiger partial charge on any atom is -0.467 e. The fraction of sp³-hybridized carbons (Fsp3) is 0.364. The van der Waals surface area contributed by atoms with Crippen LogP contribution in [0.25, 0.3) is 0 Å². The zero-order valence-electron chi connectivity index (χ0n) is 8.81. The van der Waals surface area contributed by atoms with Crippen LogP contribution >= 0.6 is 0 Å². The highest BCUT2D eigenvalue weighted by Gasteiger charge is 2.04. The van der Waals surface area contributed by atoms with Gasteiger partial charge in [-0.3, -0.25) is 0 Å². The van der Waals surface area contributed by atoms with Gasteiger partial charge in [-0.2, -0.15) is 0 Å². The Morgan fingerprint density at radius 3 is 3.07 bits per heavy atom. The third-order valence-corrected chi connectivity index (χ3v) is 2.39. The van der Waals surface area contributed by atoms with Crippen molar-refractivity contribution < 1.29 is 4.42 Å². The lowest BCUT2D eigenvalue weighted by Gasteiger charge is -2.02. The van der Waals surface area contributed by atoms with Gasteiger partial charge in [-0.1, -0.05) is 6.92 Å². The number of hydrogen-bond donors (Lipinski definition) is 1. The summed E-state index contributed by atoms with van der Waals surface area (Å²) in [7, 11) is 0. The van der Waals surface area contributed by atoms with Crippen molar-refractivity contribution >= 4 is 0 Å². The van der Waals surface area contributed by atoms with Crippen molar-refractivity contribution in [3.8, 4) is 0 Å². The molecule has 80 valence electrons. The molecule has 4 nitrogen and oxygen atoms in total. The van der Waals surface area contributed by atoms with E-state index in [1.165, 1.54) is 0 Å². The first-order chi connectivity index (χ1) is 7.33. The average Bonchev–Trinajstić information content (AvgIpc) is 2.87. The Bertz CT molecular complexity index is 430. The minimum absolute atomic E-state index is 0.522. The molecule has 0 atom stereocenters. The maximum atomic E-state index is 5.51. The zero-order valence-corrected chi connectivity index (χ0v) is 8.81. The van der Waals surface area contributed by atoms with Crippen LogP contribution in [0.1, 0.15) is 24.1 Å². The van der Waals surface area contributed by atoms with Crippen LogP contribution in [0, 0.1) is 0 Å². The molecule has 15 heavy (non-hydrogen) atoms. The molecule has 0 aliphatic heterocycles. The van der Waals surface area contributed by atoms with E-state index in [4.69, 9.17) is 10.2 Å². The Morgan fingerprint density at radius 1 is 1.53 bits per heavy atom. The van der Waals surface area contributed by atoms with E-state index < -0.39 is 0 Å². The van der Waals surface area contributed by atoms with Crippen molar-refractivity contribution in [2.24, 2.45) is 5.73 Å². The molecule has 0 saturated carbocycles. The van der Waals surface area contributed by atoms with Crippen LogP contribution in [0.2, 0.25) is 0 Å². The first kappa shape index (κ1) is 9.98. The summed E-state index contributed by atoms with van der Waals surface area (Å²) >= 11 is 0. The number of furan rings is 1. The van der Waals surface area contributed by atoms with Crippen molar-refractivity contribution in [3.63, 3.8) is 0 Å². The zero-order chi connectivity index (χ0) is 10.7. The Morgan fingerprint density at radius 2 is 2.40 bits per heavy atom. The van der Waals surface area contributed by atoms with E-state index in [9.17, 15) is 0 Å². The van der Waals surface area contributed by atoms with E-state index in [1.807, 2.05) is 18.5 Å². The summed E-state index contributed by atoms with van der Waals surface area (Å²) in [6.07, 6.45) is 6.41. The molecule has 2 N–H and O–H groups in total. The van der Waals surface area contributed by atoms with Gasteiger partial charge in [0.1, 0.15) is 11.6 Å². The Labute approximate surface area is 88.7 Å². The number of rotatable bonds is 4. The van der Waals surface area contributed by atoms with Gasteiger partial charge >= 0.3 is 0 Å². The van der Waals surface area contributed by atoms with Gasteiger partial charge in [-0.25, -0.2) is 4.98 Å². The molecule has 0 aliphatic rings. The number of aryl methyl sites for hydroxylation is 1. The molecule has 0 spiro atoms. The second-order valence-electron chi connectivity index (χ2n) is 3.45. The lowest BCUT2D eigenvalue weighted by molar-refractivity contribution is 0.487. The number of nitrogens with zero attached hydrogens (tertiary/aromatic N) is 2. The van der Waals surface area contributed by atoms with Crippen molar-refractivity contribution in [1.82, 2.24) is 9.55 Å². The molecule has 2 aromatic heterocycles. The van der Waals surface area contributed by atoms with E-state index in [0.29, 0.717) is 6.54 Å². The summed E-state index contributed by atoms with van der Waals surface area (Å²) in [6.45, 7) is 3.34. The summed E-state index contributed by atoms with van der Waals surface area (Å²) < 4.78 is 7.48. The van der Waals surface area contributed by atoms with E-state index >= 15 is 0 Å². The summed E-state index contributed by atoms with van der Waals surface area (Å²) in [6, 6.07) is 1.99. The normalized spacial score (nSPS) is 10.8. The van der Waals surface area contributed by atoms with Gasteiger partial charge in [0.05, 0.1) is 12.8 Å². The summed E-state index contributed by atoms with van der Waals surface area (Å²) in [4.78, 5) is 4.25. The number of nitrogens with two attached hydrogens (primary N) is 1. The smallest absolute Gasteiger partial charge is 0.123 e. The molecule has 0 unspecified atom stereocenters. The maximum absolute atomic E-state index is 5.51. The van der Waals surface area contributed by atoms with E-state index in [2.05, 4.69) is 16.5 Å². The molecule has 2 rings (SSSR count). The van der Waals surface area contributed by atoms with Crippen LogP contribution in [0.4, 0.5) is 0 Å². The van der Waals surface area contributed by atoms with Gasteiger partial charge in [-0.05, 0) is 6.07 Å². The molecule has 2 heterocycles. The van der Waals surface area contributed by atoms with Crippen molar-refractivity contribution in [2.45, 2.75) is 26.4 Å². The van der Waals surface area contributed by atoms with Crippen molar-refractivity contribution in [3.05, 3.63) is 41.9 Å². The number of imidazole rings is 1. The quantitative estimate of drug-likeness (QED) is 0.823. The second-order valence-corrected chi connectivity index (χ2v) is 3.45. The fourth-order valence-corrected chi connectivity index (χ4v) is 1.58. The lowest BCUT2D eigenvalue weighted by Crippen LogP contribution is -2.02. The van der Waals surface area contributed by atoms with Crippen LogP contribution in [0.5, 0.6) is 0 Å². The highest BCUT2D eigenvalue weighted by Crippen LogP contribution is 2.10. The lowest BCUT2D eigenvalue weighted by atomic mass is 10.3. The van der Waals surface area contributed by atoms with Crippen LogP contribution in [-0.4, -0.2) is 9.55 Å². The average molecular weight is 205 g/mol. The first-order valence-corrected chi connectivity index (χ1v) is 5.10. The molecule has 0 aromatic carbocycles. The maximum Gasteiger partial charge on any atom is 0.123 e. The Kier molecular flexibility index (Phi) is 2.87. The molecular weight excluding hydrogens is 190 g/mol. The van der Waals surface area contributed by atoms with E-state index in [1.54, 1.807) is 6.26 Å². The largest absolute Gasteiger partial charge is 0.467 e. The summed E-state index contributed by atoms with van der Waals surface area (Å²) in [5.41, 5.74) is 6.54. The second kappa shape index (κ2) is 4.31. The molecule has 0 saturated heterocycles. The van der Waals surface area contributed by atoms with Gasteiger partial charge in [0.15, 0.2) is 0 Å². The van der Waals surface area contributed by atoms with Crippen molar-refractivity contribution in [2.75, 3.05) is 0 Å². The molecule has 0 fully saturated rings. The van der Waals surface area contributed by atoms with Crippen LogP contribution in [0.3, 0.4) is 0 Å². The minimum atomic E-state index is 0.522. The standard InChI is InChI=1S/C11H15N3O/c1-2-11-13-3-4-14(11)7-10-5-9(6-12)8-15-10/h3-5,8H,2,6-7,12H2,1H3. The van der Waals surface area contributed by atoms with Gasteiger partial charge in [-0.15, -0.1) is 0 Å². The molecule has 0 radical (unpaired) electrons. The van der Waals surface area contributed by atoms with Gasteiger partial charge < -0.3 is 14.7 Å². The molecule has 2 aromatic rings. The third kappa shape index (κ3) is 2.10. The Balaban J connectivity index is 2.14. The predicted molar refractivity (Wildman–Crippen MR) is 57.3 cm³/mol. The third-order valence-electron chi connectivity index (χ3n) is 2.39. The highest BCUT2D eigenvalue weighted by molar-refractivity contribution is 5.13. The molecule has 0 bridgehead atoms. The SMILES string of the molecule is CCc1nccn1Cc1cc(CN)co1. The molecule has 0 aliphatic carbocycles. The summed E-state index contributed by atoms with van der Waals surface area (Å²) in [5, 5.41) is 0. The van der Waals surface area contributed by atoms with Gasteiger partial charge in [0, 0.05) is 30.9 Å². The predicted octanol–water partition coefficient (Wildman–Crippen LogP) is 1.55. The van der Waals surface area contributed by atoms with Gasteiger partial charge in [0.2, 0.25) is 0 Å². The number of hydrogen-bond acceptors (Lipinski definition) is 3. The van der Waals surface area contributed by atoms with Crippen LogP contribution in [0.15, 0.2) is 29.1 Å². The van der Waals surface area contributed by atoms with Crippen LogP contribution < -0.4 is 5.73 Å². The summed E-state index contributed by atoms with van der Waals surface area (Å²) in [5.74, 6) is 1.99. The molecule has 0 amide bonds. The van der Waals surface area contributed by atoms with Gasteiger partial charge in [0.25, 0.3) is 0 Å². The fourth-order valence-electron chi connectivity index (χ4n) is 1.58. The van der Waals surface area contributed by atoms with Crippen molar-refractivity contribution in [1.29, 1.82) is 0 Å². The number of aromatic nitrogens is 2. The van der Waals surface area contributed by atoms with E-state index in [0.717, 1.165) is 30.1 Å². The Hall–Kier alpha value is -1.55. The molecular formula is C11H15N3O. The molecule has 4 heteroatoms. The topological polar surface area (TPSA) is 57.0 Å². The van der Waals surface area contributed by atoms with E-state index in [-0.39, 0.29) is 0 Å². The highest BCUT2D eigenvalue weighted by atomic mass is 16.3. The first-order valence-electron chi connectivity index (χ1n) is 5.10. The monoisotopic (exact) mass is 205 g/mol. The van der Waals surface area contributed by atoms with Crippen LogP contribution in [-0.2, 0) is 19.5 Å².